The van der Waals surface area contributed by atoms with Gasteiger partial charge in [0, 0.05) is 24.5 Å². The first-order valence-electron chi connectivity index (χ1n) is 5.76. The molecule has 1 aromatic carbocycles. The second kappa shape index (κ2) is 4.99. The van der Waals surface area contributed by atoms with Crippen LogP contribution in [0.5, 0.6) is 0 Å². The van der Waals surface area contributed by atoms with Crippen molar-refractivity contribution in [3.8, 4) is 0 Å². The number of rotatable bonds is 3. The number of carbonyl (C=O) groups excluding carboxylic acids is 1. The summed E-state index contributed by atoms with van der Waals surface area (Å²) in [4.78, 5) is 12.0. The van der Waals surface area contributed by atoms with E-state index < -0.39 is 17.5 Å². The maximum absolute atomic E-state index is 12.6. The molecule has 0 radical (unpaired) electrons. The maximum Gasteiger partial charge on any atom is 0.416 e. The Balaban J connectivity index is 2.29. The molecule has 2 N–H and O–H groups in total. The molecule has 2 aromatic rings. The van der Waals surface area contributed by atoms with E-state index in [1.807, 2.05) is 0 Å². The van der Waals surface area contributed by atoms with E-state index in [0.29, 0.717) is 5.69 Å². The molecule has 0 spiro atoms. The highest BCUT2D eigenvalue weighted by Crippen LogP contribution is 2.31. The molecule has 106 valence electrons. The monoisotopic (exact) mass is 283 g/mol. The minimum Gasteiger partial charge on any atom is -0.398 e. The van der Waals surface area contributed by atoms with Gasteiger partial charge in [-0.05, 0) is 24.3 Å². The summed E-state index contributed by atoms with van der Waals surface area (Å²) in [6, 6.07) is 4.35. The summed E-state index contributed by atoms with van der Waals surface area (Å²) in [5.41, 5.74) is 5.06. The Morgan fingerprint density at radius 3 is 2.60 bits per heavy atom. The Morgan fingerprint density at radius 2 is 2.05 bits per heavy atom. The lowest BCUT2D eigenvalue weighted by molar-refractivity contribution is -0.137. The number of hydrogen-bond acceptors (Lipinski definition) is 3. The van der Waals surface area contributed by atoms with Crippen LogP contribution in [0, 0.1) is 0 Å². The summed E-state index contributed by atoms with van der Waals surface area (Å²) in [5.74, 6) is -0.493. The predicted octanol–water partition coefficient (Wildman–Crippen LogP) is 2.45. The fourth-order valence-corrected chi connectivity index (χ4v) is 1.79. The standard InChI is InChI=1S/C13H12F3N3O/c1-19-5-4-9(18-19)7-12(20)10-6-8(13(14,15)16)2-3-11(10)17/h2-6H,7,17H2,1H3. The number of benzene rings is 1. The molecule has 0 unspecified atom stereocenters. The van der Waals surface area contributed by atoms with E-state index in [0.717, 1.165) is 18.2 Å². The highest BCUT2D eigenvalue weighted by Gasteiger charge is 2.31. The molecular weight excluding hydrogens is 271 g/mol. The van der Waals surface area contributed by atoms with Gasteiger partial charge >= 0.3 is 6.18 Å². The van der Waals surface area contributed by atoms with Gasteiger partial charge in [0.2, 0.25) is 0 Å². The second-order valence-electron chi connectivity index (χ2n) is 4.38. The molecule has 0 fully saturated rings. The van der Waals surface area contributed by atoms with Crippen LogP contribution in [0.4, 0.5) is 18.9 Å². The van der Waals surface area contributed by atoms with Crippen molar-refractivity contribution in [2.24, 2.45) is 7.05 Å². The number of anilines is 1. The molecule has 1 aromatic heterocycles. The molecular formula is C13H12F3N3O. The maximum atomic E-state index is 12.6. The summed E-state index contributed by atoms with van der Waals surface area (Å²) < 4.78 is 39.4. The molecule has 7 heteroatoms. The first-order chi connectivity index (χ1) is 9.27. The van der Waals surface area contributed by atoms with Crippen molar-refractivity contribution in [2.45, 2.75) is 12.6 Å². The van der Waals surface area contributed by atoms with Crippen molar-refractivity contribution >= 4 is 11.5 Å². The molecule has 1 heterocycles. The van der Waals surface area contributed by atoms with Crippen LogP contribution < -0.4 is 5.73 Å². The number of halogens is 3. The lowest BCUT2D eigenvalue weighted by Crippen LogP contribution is -2.12. The molecule has 20 heavy (non-hydrogen) atoms. The Labute approximate surface area is 113 Å². The Bertz CT molecular complexity index is 647. The number of aryl methyl sites for hydroxylation is 1. The van der Waals surface area contributed by atoms with Gasteiger partial charge in [0.1, 0.15) is 0 Å². The first kappa shape index (κ1) is 14.1. The smallest absolute Gasteiger partial charge is 0.398 e. The van der Waals surface area contributed by atoms with Gasteiger partial charge in [-0.3, -0.25) is 9.48 Å². The summed E-state index contributed by atoms with van der Waals surface area (Å²) >= 11 is 0. The van der Waals surface area contributed by atoms with Gasteiger partial charge in [-0.15, -0.1) is 0 Å². The average Bonchev–Trinajstić information content (AvgIpc) is 2.73. The third kappa shape index (κ3) is 2.98. The van der Waals surface area contributed by atoms with Crippen LogP contribution in [-0.4, -0.2) is 15.6 Å². The Kier molecular flexibility index (Phi) is 3.52. The summed E-state index contributed by atoms with van der Waals surface area (Å²) in [7, 11) is 1.69. The highest BCUT2D eigenvalue weighted by atomic mass is 19.4. The summed E-state index contributed by atoms with van der Waals surface area (Å²) in [6.45, 7) is 0. The summed E-state index contributed by atoms with van der Waals surface area (Å²) in [6.07, 6.45) is -2.95. The number of nitrogen functional groups attached to an aromatic ring is 1. The number of alkyl halides is 3. The SMILES string of the molecule is Cn1ccc(CC(=O)c2cc(C(F)(F)F)ccc2N)n1. The molecule has 4 nitrogen and oxygen atoms in total. The van der Waals surface area contributed by atoms with Crippen LogP contribution in [0.15, 0.2) is 30.5 Å². The van der Waals surface area contributed by atoms with Crippen LogP contribution in [-0.2, 0) is 19.6 Å². The average molecular weight is 283 g/mol. The molecule has 2 rings (SSSR count). The fourth-order valence-electron chi connectivity index (χ4n) is 1.79. The predicted molar refractivity (Wildman–Crippen MR) is 67.1 cm³/mol. The zero-order valence-corrected chi connectivity index (χ0v) is 10.6. The normalized spacial score (nSPS) is 11.6. The molecule has 0 amide bonds. The van der Waals surface area contributed by atoms with Crippen LogP contribution in [0.1, 0.15) is 21.6 Å². The van der Waals surface area contributed by atoms with Crippen molar-refractivity contribution < 1.29 is 18.0 Å². The largest absolute Gasteiger partial charge is 0.416 e. The molecule has 0 aliphatic carbocycles. The fraction of sp³-hybridized carbons (Fsp3) is 0.231. The minimum atomic E-state index is -4.51. The number of ketones is 1. The number of carbonyl (C=O) groups is 1. The van der Waals surface area contributed by atoms with Gasteiger partial charge in [-0.25, -0.2) is 0 Å². The van der Waals surface area contributed by atoms with Crippen molar-refractivity contribution in [2.75, 3.05) is 5.73 Å². The van der Waals surface area contributed by atoms with Gasteiger partial charge in [-0.2, -0.15) is 18.3 Å². The van der Waals surface area contributed by atoms with Gasteiger partial charge in [0.15, 0.2) is 5.78 Å². The van der Waals surface area contributed by atoms with Gasteiger partial charge in [0.25, 0.3) is 0 Å². The zero-order chi connectivity index (χ0) is 14.9. The van der Waals surface area contributed by atoms with Crippen molar-refractivity contribution in [3.63, 3.8) is 0 Å². The molecule has 0 atom stereocenters. The quantitative estimate of drug-likeness (QED) is 0.695. The Morgan fingerprint density at radius 1 is 1.35 bits per heavy atom. The lowest BCUT2D eigenvalue weighted by Gasteiger charge is -2.10. The Hall–Kier alpha value is -2.31. The third-order valence-corrected chi connectivity index (χ3v) is 2.79. The van der Waals surface area contributed by atoms with E-state index in [1.54, 1.807) is 19.3 Å². The molecule has 0 saturated carbocycles. The van der Waals surface area contributed by atoms with Crippen LogP contribution >= 0.6 is 0 Å². The van der Waals surface area contributed by atoms with Crippen molar-refractivity contribution in [3.05, 3.63) is 47.3 Å². The summed E-state index contributed by atoms with van der Waals surface area (Å²) in [5, 5.41) is 4.01. The van der Waals surface area contributed by atoms with E-state index in [9.17, 15) is 18.0 Å². The number of nitrogens with zero attached hydrogens (tertiary/aromatic N) is 2. The third-order valence-electron chi connectivity index (χ3n) is 2.79. The van der Waals surface area contributed by atoms with Crippen molar-refractivity contribution in [1.82, 2.24) is 9.78 Å². The lowest BCUT2D eigenvalue weighted by atomic mass is 10.0. The van der Waals surface area contributed by atoms with Crippen molar-refractivity contribution in [1.29, 1.82) is 0 Å². The highest BCUT2D eigenvalue weighted by molar-refractivity contribution is 6.01. The molecule has 0 aliphatic rings. The zero-order valence-electron chi connectivity index (χ0n) is 10.6. The van der Waals surface area contributed by atoms with Gasteiger partial charge in [0.05, 0.1) is 17.7 Å². The van der Waals surface area contributed by atoms with E-state index in [2.05, 4.69) is 5.10 Å². The topological polar surface area (TPSA) is 60.9 Å². The molecule has 0 saturated heterocycles. The first-order valence-corrected chi connectivity index (χ1v) is 5.76. The molecule has 0 bridgehead atoms. The van der Waals surface area contributed by atoms with E-state index in [1.165, 1.54) is 4.68 Å². The van der Waals surface area contributed by atoms with Gasteiger partial charge in [-0.1, -0.05) is 0 Å². The number of nitrogens with two attached hydrogens (primary N) is 1. The minimum absolute atomic E-state index is 0.0268. The van der Waals surface area contributed by atoms with E-state index in [-0.39, 0.29) is 17.7 Å². The van der Waals surface area contributed by atoms with Crippen LogP contribution in [0.3, 0.4) is 0 Å². The van der Waals surface area contributed by atoms with Crippen LogP contribution in [0.25, 0.3) is 0 Å². The van der Waals surface area contributed by atoms with E-state index >= 15 is 0 Å². The van der Waals surface area contributed by atoms with Crippen LogP contribution in [0.2, 0.25) is 0 Å². The number of Topliss-reactive ketones (excluding diaryl/α,β-unsaturated/α-hetero) is 1. The second-order valence-corrected chi connectivity index (χ2v) is 4.38. The number of aromatic nitrogens is 2. The van der Waals surface area contributed by atoms with E-state index in [4.69, 9.17) is 5.73 Å². The van der Waals surface area contributed by atoms with Gasteiger partial charge < -0.3 is 5.73 Å². The molecule has 0 aliphatic heterocycles. The number of hydrogen-bond donors (Lipinski definition) is 1.